The van der Waals surface area contributed by atoms with Crippen molar-refractivity contribution in [2.45, 2.75) is 31.7 Å². The Hall–Kier alpha value is -1.88. The van der Waals surface area contributed by atoms with Gasteiger partial charge in [-0.15, -0.1) is 0 Å². The summed E-state index contributed by atoms with van der Waals surface area (Å²) in [5, 5.41) is 14.8. The van der Waals surface area contributed by atoms with Gasteiger partial charge < -0.3 is 15.7 Å². The van der Waals surface area contributed by atoms with Crippen molar-refractivity contribution in [2.75, 3.05) is 11.9 Å². The van der Waals surface area contributed by atoms with Crippen LogP contribution in [0.2, 0.25) is 0 Å². The number of hydrogen-bond donors (Lipinski definition) is 3. The average Bonchev–Trinajstić information content (AvgIpc) is 3.12. The van der Waals surface area contributed by atoms with Gasteiger partial charge in [0.05, 0.1) is 6.42 Å². The minimum atomic E-state index is -0.878. The van der Waals surface area contributed by atoms with Crippen molar-refractivity contribution >= 4 is 17.6 Å². The lowest BCUT2D eigenvalue weighted by molar-refractivity contribution is -0.136. The van der Waals surface area contributed by atoms with Gasteiger partial charge >= 0.3 is 5.97 Å². The van der Waals surface area contributed by atoms with E-state index in [2.05, 4.69) is 10.6 Å². The van der Waals surface area contributed by atoms with E-state index in [9.17, 15) is 9.59 Å². The van der Waals surface area contributed by atoms with E-state index < -0.39 is 5.97 Å². The minimum Gasteiger partial charge on any atom is -0.481 e. The van der Waals surface area contributed by atoms with Crippen LogP contribution in [0.4, 0.5) is 5.69 Å². The molecule has 5 nitrogen and oxygen atoms in total. The van der Waals surface area contributed by atoms with E-state index in [1.165, 1.54) is 12.8 Å². The van der Waals surface area contributed by atoms with Crippen LogP contribution in [0.5, 0.6) is 0 Å². The Kier molecular flexibility index (Phi) is 4.52. The summed E-state index contributed by atoms with van der Waals surface area (Å²) in [4.78, 5) is 22.3. The normalized spacial score (nSPS) is 14.1. The van der Waals surface area contributed by atoms with E-state index in [1.807, 2.05) is 0 Å². The lowest BCUT2D eigenvalue weighted by Gasteiger charge is -2.07. The number of rotatable bonds is 7. The Morgan fingerprint density at radius 2 is 2.11 bits per heavy atom. The minimum absolute atomic E-state index is 0.0348. The summed E-state index contributed by atoms with van der Waals surface area (Å²) < 4.78 is 0. The molecule has 0 heterocycles. The van der Waals surface area contributed by atoms with Crippen molar-refractivity contribution < 1.29 is 14.7 Å². The molecule has 2 rings (SSSR count). The summed E-state index contributed by atoms with van der Waals surface area (Å²) in [7, 11) is 0. The number of amides is 1. The molecule has 0 aromatic heterocycles. The van der Waals surface area contributed by atoms with Gasteiger partial charge in [-0.25, -0.2) is 0 Å². The molecule has 1 aliphatic rings. The van der Waals surface area contributed by atoms with Crippen molar-refractivity contribution in [3.8, 4) is 0 Å². The zero-order valence-electron chi connectivity index (χ0n) is 10.7. The van der Waals surface area contributed by atoms with Gasteiger partial charge in [-0.05, 0) is 30.5 Å². The number of nitrogens with one attached hydrogen (secondary N) is 2. The van der Waals surface area contributed by atoms with Gasteiger partial charge in [-0.3, -0.25) is 9.59 Å². The molecule has 0 atom stereocenters. The molecule has 5 heteroatoms. The number of hydrogen-bond acceptors (Lipinski definition) is 3. The quantitative estimate of drug-likeness (QED) is 0.694. The number of carbonyl (C=O) groups is 2. The number of benzene rings is 1. The molecule has 0 radical (unpaired) electrons. The van der Waals surface area contributed by atoms with Crippen LogP contribution < -0.4 is 10.6 Å². The van der Waals surface area contributed by atoms with Crippen LogP contribution >= 0.6 is 0 Å². The molecular weight excluding hydrogens is 244 g/mol. The van der Waals surface area contributed by atoms with Gasteiger partial charge in [0.15, 0.2) is 0 Å². The monoisotopic (exact) mass is 262 g/mol. The highest BCUT2D eigenvalue weighted by molar-refractivity contribution is 5.91. The number of carboxylic acid groups (broad SMARTS) is 1. The molecule has 3 N–H and O–H groups in total. The molecule has 0 aliphatic heterocycles. The van der Waals surface area contributed by atoms with Crippen molar-refractivity contribution in [1.82, 2.24) is 5.32 Å². The van der Waals surface area contributed by atoms with Crippen LogP contribution in [0.15, 0.2) is 24.3 Å². The highest BCUT2D eigenvalue weighted by Gasteiger charge is 2.20. The molecule has 0 unspecified atom stereocenters. The fourth-order valence-electron chi connectivity index (χ4n) is 1.83. The maximum absolute atomic E-state index is 11.7. The van der Waals surface area contributed by atoms with Crippen molar-refractivity contribution in [1.29, 1.82) is 0 Å². The number of carboxylic acids is 1. The number of aliphatic carboxylic acids is 1. The lowest BCUT2D eigenvalue weighted by Crippen LogP contribution is -2.23. The summed E-state index contributed by atoms with van der Waals surface area (Å²) in [6.45, 7) is 0.686. The first-order valence-electron chi connectivity index (χ1n) is 6.47. The Morgan fingerprint density at radius 1 is 1.32 bits per heavy atom. The third-order valence-electron chi connectivity index (χ3n) is 2.93. The summed E-state index contributed by atoms with van der Waals surface area (Å²) in [6, 6.07) is 7.54. The molecule has 0 saturated heterocycles. The first kappa shape index (κ1) is 13.5. The standard InChI is InChI=1S/C14H18N2O3/c17-13(6-7-15-11-4-5-11)16-12-3-1-2-10(8-12)9-14(18)19/h1-3,8,11,15H,4-7,9H2,(H,16,17)(H,18,19). The molecule has 1 aromatic carbocycles. The Labute approximate surface area is 112 Å². The van der Waals surface area contributed by atoms with Gasteiger partial charge in [-0.2, -0.15) is 0 Å². The lowest BCUT2D eigenvalue weighted by atomic mass is 10.1. The van der Waals surface area contributed by atoms with Crippen LogP contribution in [0.3, 0.4) is 0 Å². The molecule has 0 bridgehead atoms. The van der Waals surface area contributed by atoms with Crippen LogP contribution in [-0.4, -0.2) is 29.6 Å². The smallest absolute Gasteiger partial charge is 0.307 e. The summed E-state index contributed by atoms with van der Waals surface area (Å²) in [5.74, 6) is -0.933. The van der Waals surface area contributed by atoms with Crippen LogP contribution in [0, 0.1) is 0 Å². The Bertz CT molecular complexity index is 470. The fraction of sp³-hybridized carbons (Fsp3) is 0.429. The van der Waals surface area contributed by atoms with Crippen LogP contribution in [0.1, 0.15) is 24.8 Å². The number of carbonyl (C=O) groups excluding carboxylic acids is 1. The van der Waals surface area contributed by atoms with Gasteiger partial charge in [0.25, 0.3) is 0 Å². The second-order valence-corrected chi connectivity index (χ2v) is 4.80. The molecule has 1 amide bonds. The van der Waals surface area contributed by atoms with Crippen molar-refractivity contribution in [3.63, 3.8) is 0 Å². The zero-order valence-corrected chi connectivity index (χ0v) is 10.7. The van der Waals surface area contributed by atoms with E-state index in [1.54, 1.807) is 24.3 Å². The first-order valence-corrected chi connectivity index (χ1v) is 6.47. The van der Waals surface area contributed by atoms with E-state index in [-0.39, 0.29) is 12.3 Å². The average molecular weight is 262 g/mol. The molecule has 1 aliphatic carbocycles. The first-order chi connectivity index (χ1) is 9.13. The third kappa shape index (κ3) is 5.09. The molecule has 1 saturated carbocycles. The van der Waals surface area contributed by atoms with Gasteiger partial charge in [0, 0.05) is 24.7 Å². The Balaban J connectivity index is 1.79. The fourth-order valence-corrected chi connectivity index (χ4v) is 1.83. The molecule has 0 spiro atoms. The zero-order chi connectivity index (χ0) is 13.7. The Morgan fingerprint density at radius 3 is 2.79 bits per heavy atom. The van der Waals surface area contributed by atoms with E-state index in [4.69, 9.17) is 5.11 Å². The number of anilines is 1. The van der Waals surface area contributed by atoms with Crippen molar-refractivity contribution in [3.05, 3.63) is 29.8 Å². The SMILES string of the molecule is O=C(O)Cc1cccc(NC(=O)CCNC2CC2)c1. The largest absolute Gasteiger partial charge is 0.481 e. The van der Waals surface area contributed by atoms with Gasteiger partial charge in [0.2, 0.25) is 5.91 Å². The van der Waals surface area contributed by atoms with E-state index in [0.717, 1.165) is 0 Å². The van der Waals surface area contributed by atoms with E-state index >= 15 is 0 Å². The second kappa shape index (κ2) is 6.33. The maximum Gasteiger partial charge on any atom is 0.307 e. The van der Waals surface area contributed by atoms with Crippen molar-refractivity contribution in [2.24, 2.45) is 0 Å². The predicted molar refractivity (Wildman–Crippen MR) is 72.1 cm³/mol. The predicted octanol–water partition coefficient (Wildman–Crippen LogP) is 1.39. The third-order valence-corrected chi connectivity index (χ3v) is 2.93. The topological polar surface area (TPSA) is 78.4 Å². The maximum atomic E-state index is 11.7. The summed E-state index contributed by atoms with van der Waals surface area (Å²) >= 11 is 0. The summed E-state index contributed by atoms with van der Waals surface area (Å²) in [5.41, 5.74) is 1.33. The molecule has 1 fully saturated rings. The van der Waals surface area contributed by atoms with Crippen LogP contribution in [0.25, 0.3) is 0 Å². The van der Waals surface area contributed by atoms with Gasteiger partial charge in [0.1, 0.15) is 0 Å². The highest BCUT2D eigenvalue weighted by Crippen LogP contribution is 2.18. The second-order valence-electron chi connectivity index (χ2n) is 4.80. The molecule has 102 valence electrons. The van der Waals surface area contributed by atoms with E-state index in [0.29, 0.717) is 30.3 Å². The molecule has 1 aromatic rings. The molecular formula is C14H18N2O3. The van der Waals surface area contributed by atoms with Crippen LogP contribution in [-0.2, 0) is 16.0 Å². The molecule has 19 heavy (non-hydrogen) atoms. The summed E-state index contributed by atoms with van der Waals surface area (Å²) in [6.07, 6.45) is 2.81. The highest BCUT2D eigenvalue weighted by atomic mass is 16.4. The van der Waals surface area contributed by atoms with Gasteiger partial charge in [-0.1, -0.05) is 12.1 Å².